The lowest BCUT2D eigenvalue weighted by atomic mass is 10.0. The molecule has 0 unspecified atom stereocenters. The molecule has 29 heavy (non-hydrogen) atoms. The predicted molar refractivity (Wildman–Crippen MR) is 105 cm³/mol. The molecule has 0 atom stereocenters. The second kappa shape index (κ2) is 8.93. The highest BCUT2D eigenvalue weighted by Crippen LogP contribution is 2.17. The molecular formula is C23H18FNO4. The Morgan fingerprint density at radius 3 is 1.86 bits per heavy atom. The lowest BCUT2D eigenvalue weighted by molar-refractivity contribution is -0.119. The maximum atomic E-state index is 13.0. The summed E-state index contributed by atoms with van der Waals surface area (Å²) in [5.41, 5.74) is 2.00. The van der Waals surface area contributed by atoms with Crippen molar-refractivity contribution in [2.75, 3.05) is 0 Å². The minimum Gasteiger partial charge on any atom is -0.423 e. The van der Waals surface area contributed by atoms with Gasteiger partial charge in [0.1, 0.15) is 11.6 Å². The van der Waals surface area contributed by atoms with Gasteiger partial charge >= 0.3 is 5.97 Å². The second-order valence-electron chi connectivity index (χ2n) is 6.36. The average molecular weight is 391 g/mol. The molecule has 0 saturated carbocycles. The number of rotatable bonds is 6. The van der Waals surface area contributed by atoms with Gasteiger partial charge in [-0.15, -0.1) is 0 Å². The van der Waals surface area contributed by atoms with E-state index in [2.05, 4.69) is 5.32 Å². The van der Waals surface area contributed by atoms with Crippen molar-refractivity contribution in [1.82, 2.24) is 5.32 Å². The third kappa shape index (κ3) is 5.35. The number of nitrogens with one attached hydrogen (secondary N) is 1. The molecule has 0 fully saturated rings. The number of hydrogen-bond donors (Lipinski definition) is 1. The molecule has 0 saturated heterocycles. The molecular weight excluding hydrogens is 373 g/mol. The van der Waals surface area contributed by atoms with Crippen LogP contribution >= 0.6 is 0 Å². The van der Waals surface area contributed by atoms with Crippen LogP contribution < -0.4 is 10.1 Å². The van der Waals surface area contributed by atoms with Gasteiger partial charge in [-0.1, -0.05) is 12.1 Å². The van der Waals surface area contributed by atoms with Crippen LogP contribution in [0.1, 0.15) is 38.8 Å². The lowest BCUT2D eigenvalue weighted by Crippen LogP contribution is -2.19. The van der Waals surface area contributed by atoms with E-state index in [1.54, 1.807) is 36.4 Å². The summed E-state index contributed by atoms with van der Waals surface area (Å²) >= 11 is 0. The van der Waals surface area contributed by atoms with Crippen molar-refractivity contribution in [2.24, 2.45) is 0 Å². The van der Waals surface area contributed by atoms with Gasteiger partial charge in [0.25, 0.3) is 0 Å². The number of hydrogen-bond acceptors (Lipinski definition) is 4. The Balaban J connectivity index is 1.63. The van der Waals surface area contributed by atoms with Crippen LogP contribution in [-0.4, -0.2) is 17.7 Å². The molecule has 146 valence electrons. The molecule has 3 aromatic carbocycles. The number of ketones is 1. The van der Waals surface area contributed by atoms with Gasteiger partial charge in [-0.05, 0) is 66.2 Å². The standard InChI is InChI=1S/C23H18FNO4/c1-15(26)25-14-16-2-4-19(5-3-16)23(28)29-21-12-8-18(9-13-21)22(27)17-6-10-20(24)11-7-17/h2-13H,14H2,1H3,(H,25,26). The number of carbonyl (C=O) groups excluding carboxylic acids is 3. The lowest BCUT2D eigenvalue weighted by Gasteiger charge is -2.07. The number of amides is 1. The summed E-state index contributed by atoms with van der Waals surface area (Å²) in [6, 6.07) is 18.1. The van der Waals surface area contributed by atoms with Crippen LogP contribution in [-0.2, 0) is 11.3 Å². The molecule has 0 heterocycles. The number of esters is 1. The summed E-state index contributed by atoms with van der Waals surface area (Å²) in [7, 11) is 0. The largest absolute Gasteiger partial charge is 0.423 e. The topological polar surface area (TPSA) is 72.5 Å². The summed E-state index contributed by atoms with van der Waals surface area (Å²) in [4.78, 5) is 35.6. The van der Waals surface area contributed by atoms with Crippen LogP contribution in [0.2, 0.25) is 0 Å². The highest BCUT2D eigenvalue weighted by atomic mass is 19.1. The van der Waals surface area contributed by atoms with E-state index in [0.717, 1.165) is 5.56 Å². The van der Waals surface area contributed by atoms with Crippen molar-refractivity contribution >= 4 is 17.7 Å². The van der Waals surface area contributed by atoms with Crippen LogP contribution in [0.5, 0.6) is 5.75 Å². The van der Waals surface area contributed by atoms with Gasteiger partial charge < -0.3 is 10.1 Å². The van der Waals surface area contributed by atoms with E-state index in [4.69, 9.17) is 4.74 Å². The van der Waals surface area contributed by atoms with Crippen molar-refractivity contribution in [3.63, 3.8) is 0 Å². The molecule has 3 rings (SSSR count). The fraction of sp³-hybridized carbons (Fsp3) is 0.0870. The van der Waals surface area contributed by atoms with Crippen molar-refractivity contribution in [3.05, 3.63) is 101 Å². The Labute approximate surface area is 167 Å². The van der Waals surface area contributed by atoms with Gasteiger partial charge in [-0.3, -0.25) is 9.59 Å². The monoisotopic (exact) mass is 391 g/mol. The minimum atomic E-state index is -0.534. The first-order valence-electron chi connectivity index (χ1n) is 8.88. The highest BCUT2D eigenvalue weighted by molar-refractivity contribution is 6.09. The van der Waals surface area contributed by atoms with E-state index in [-0.39, 0.29) is 11.7 Å². The van der Waals surface area contributed by atoms with Crippen molar-refractivity contribution in [3.8, 4) is 5.75 Å². The van der Waals surface area contributed by atoms with E-state index in [0.29, 0.717) is 29.0 Å². The van der Waals surface area contributed by atoms with Crippen LogP contribution in [0, 0.1) is 5.82 Å². The van der Waals surface area contributed by atoms with Gasteiger partial charge in [0.2, 0.25) is 5.91 Å². The zero-order valence-corrected chi connectivity index (χ0v) is 15.6. The van der Waals surface area contributed by atoms with Gasteiger partial charge in [0.15, 0.2) is 5.78 Å². The number of ether oxygens (including phenoxy) is 1. The summed E-state index contributed by atoms with van der Waals surface area (Å²) in [5.74, 6) is -1.03. The fourth-order valence-corrected chi connectivity index (χ4v) is 2.59. The van der Waals surface area contributed by atoms with Crippen LogP contribution in [0.4, 0.5) is 4.39 Å². The van der Waals surface area contributed by atoms with Crippen molar-refractivity contribution in [1.29, 1.82) is 0 Å². The SMILES string of the molecule is CC(=O)NCc1ccc(C(=O)Oc2ccc(C(=O)c3ccc(F)cc3)cc2)cc1. The Morgan fingerprint density at radius 2 is 1.31 bits per heavy atom. The molecule has 0 aliphatic rings. The Morgan fingerprint density at radius 1 is 0.793 bits per heavy atom. The van der Waals surface area contributed by atoms with Crippen molar-refractivity contribution in [2.45, 2.75) is 13.5 Å². The zero-order valence-electron chi connectivity index (χ0n) is 15.6. The predicted octanol–water partition coefficient (Wildman–Crippen LogP) is 3.91. The second-order valence-corrected chi connectivity index (χ2v) is 6.36. The van der Waals surface area contributed by atoms with E-state index in [9.17, 15) is 18.8 Å². The quantitative estimate of drug-likeness (QED) is 0.393. The van der Waals surface area contributed by atoms with Gasteiger partial charge in [0.05, 0.1) is 5.56 Å². The van der Waals surface area contributed by atoms with E-state index >= 15 is 0 Å². The maximum Gasteiger partial charge on any atom is 0.343 e. The van der Waals surface area contributed by atoms with Gasteiger partial charge in [-0.2, -0.15) is 0 Å². The average Bonchev–Trinajstić information content (AvgIpc) is 2.73. The molecule has 3 aromatic rings. The number of benzene rings is 3. The first-order valence-corrected chi connectivity index (χ1v) is 8.88. The summed E-state index contributed by atoms with van der Waals surface area (Å²) in [6.07, 6.45) is 0. The highest BCUT2D eigenvalue weighted by Gasteiger charge is 2.12. The first-order chi connectivity index (χ1) is 13.9. The fourth-order valence-electron chi connectivity index (χ4n) is 2.59. The smallest absolute Gasteiger partial charge is 0.343 e. The van der Waals surface area contributed by atoms with E-state index in [1.807, 2.05) is 0 Å². The van der Waals surface area contributed by atoms with Gasteiger partial charge in [0, 0.05) is 24.6 Å². The molecule has 0 bridgehead atoms. The summed E-state index contributed by atoms with van der Waals surface area (Å²) in [6.45, 7) is 1.82. The van der Waals surface area contributed by atoms with E-state index in [1.165, 1.54) is 43.3 Å². The third-order valence-corrected chi connectivity index (χ3v) is 4.16. The molecule has 0 spiro atoms. The van der Waals surface area contributed by atoms with Gasteiger partial charge in [-0.25, -0.2) is 9.18 Å². The van der Waals surface area contributed by atoms with Crippen molar-refractivity contribution < 1.29 is 23.5 Å². The van der Waals surface area contributed by atoms with Crippen LogP contribution in [0.3, 0.4) is 0 Å². The molecule has 0 aromatic heterocycles. The van der Waals surface area contributed by atoms with Crippen LogP contribution in [0.25, 0.3) is 0 Å². The molecule has 0 radical (unpaired) electrons. The number of carbonyl (C=O) groups is 3. The molecule has 5 nitrogen and oxygen atoms in total. The molecule has 0 aliphatic heterocycles. The molecule has 1 amide bonds. The van der Waals surface area contributed by atoms with Crippen LogP contribution in [0.15, 0.2) is 72.8 Å². The Hall–Kier alpha value is -3.80. The number of halogens is 1. The summed E-state index contributed by atoms with van der Waals surface area (Å²) < 4.78 is 18.3. The molecule has 6 heteroatoms. The maximum absolute atomic E-state index is 13.0. The zero-order chi connectivity index (χ0) is 20.8. The summed E-state index contributed by atoms with van der Waals surface area (Å²) in [5, 5.41) is 2.68. The molecule has 1 N–H and O–H groups in total. The molecule has 0 aliphatic carbocycles. The minimum absolute atomic E-state index is 0.130. The third-order valence-electron chi connectivity index (χ3n) is 4.16. The normalized spacial score (nSPS) is 10.3. The van der Waals surface area contributed by atoms with E-state index < -0.39 is 11.8 Å². The Bertz CT molecular complexity index is 1030. The Kier molecular flexibility index (Phi) is 6.14. The first kappa shape index (κ1) is 19.9.